The minimum Gasteiger partial charge on any atom is -0.506 e. The fourth-order valence-electron chi connectivity index (χ4n) is 2.65. The Morgan fingerprint density at radius 3 is 2.38 bits per heavy atom. The first-order valence-electron chi connectivity index (χ1n) is 8.29. The van der Waals surface area contributed by atoms with Gasteiger partial charge in [-0.15, -0.1) is 0 Å². The Hall–Kier alpha value is -3.08. The Balaban J connectivity index is 1.81. The summed E-state index contributed by atoms with van der Waals surface area (Å²) in [6, 6.07) is 13.9. The van der Waals surface area contributed by atoms with Gasteiger partial charge in [0, 0.05) is 0 Å². The molecule has 0 aliphatic heterocycles. The molecule has 0 unspecified atom stereocenters. The Kier molecular flexibility index (Phi) is 4.55. The fourth-order valence-corrected chi connectivity index (χ4v) is 2.65. The summed E-state index contributed by atoms with van der Waals surface area (Å²) in [5, 5.41) is 10.6. The summed E-state index contributed by atoms with van der Waals surface area (Å²) in [5.74, 6) is -0.508. The Morgan fingerprint density at radius 1 is 1.08 bits per heavy atom. The van der Waals surface area contributed by atoms with Crippen molar-refractivity contribution in [2.45, 2.75) is 26.2 Å². The predicted octanol–water partition coefficient (Wildman–Crippen LogP) is 4.06. The largest absolute Gasteiger partial charge is 0.506 e. The lowest BCUT2D eigenvalue weighted by molar-refractivity contribution is 0.0915. The van der Waals surface area contributed by atoms with E-state index in [4.69, 9.17) is 9.15 Å². The zero-order chi connectivity index (χ0) is 18.9. The van der Waals surface area contributed by atoms with Gasteiger partial charge in [0.05, 0.1) is 5.39 Å². The SMILES string of the molecule is CC(C)(C)c1ccc(OCC(=O)c2c(O)c3ccccc3oc2=O)cc1. The molecule has 0 bridgehead atoms. The molecule has 3 aromatic rings. The van der Waals surface area contributed by atoms with E-state index in [1.54, 1.807) is 36.4 Å². The molecule has 0 atom stereocenters. The quantitative estimate of drug-likeness (QED) is 0.566. The number of carbonyl (C=O) groups is 1. The number of hydrogen-bond donors (Lipinski definition) is 1. The van der Waals surface area contributed by atoms with Crippen LogP contribution in [0.1, 0.15) is 36.7 Å². The number of hydrogen-bond acceptors (Lipinski definition) is 5. The summed E-state index contributed by atoms with van der Waals surface area (Å²) >= 11 is 0. The lowest BCUT2D eigenvalue weighted by Gasteiger charge is -2.19. The minimum absolute atomic E-state index is 0.0181. The van der Waals surface area contributed by atoms with Gasteiger partial charge in [0.2, 0.25) is 5.78 Å². The fraction of sp³-hybridized carbons (Fsp3) is 0.238. The van der Waals surface area contributed by atoms with E-state index >= 15 is 0 Å². The summed E-state index contributed by atoms with van der Waals surface area (Å²) in [6.45, 7) is 5.95. The number of benzene rings is 2. The van der Waals surface area contributed by atoms with Gasteiger partial charge in [-0.25, -0.2) is 4.79 Å². The molecule has 0 aliphatic carbocycles. The van der Waals surface area contributed by atoms with E-state index in [0.29, 0.717) is 11.1 Å². The third-order valence-corrected chi connectivity index (χ3v) is 4.15. The molecule has 0 spiro atoms. The highest BCUT2D eigenvalue weighted by atomic mass is 16.5. The number of ether oxygens (including phenoxy) is 1. The van der Waals surface area contributed by atoms with Crippen molar-refractivity contribution >= 4 is 16.8 Å². The predicted molar refractivity (Wildman–Crippen MR) is 99.1 cm³/mol. The molecule has 1 heterocycles. The van der Waals surface area contributed by atoms with Gasteiger partial charge >= 0.3 is 5.63 Å². The molecule has 3 rings (SSSR count). The smallest absolute Gasteiger partial charge is 0.351 e. The van der Waals surface area contributed by atoms with Crippen molar-refractivity contribution in [2.24, 2.45) is 0 Å². The molecule has 1 aromatic heterocycles. The van der Waals surface area contributed by atoms with Crippen LogP contribution < -0.4 is 10.4 Å². The molecule has 0 amide bonds. The highest BCUT2D eigenvalue weighted by Gasteiger charge is 2.21. The first kappa shape index (κ1) is 17.7. The molecule has 0 radical (unpaired) electrons. The molecule has 0 saturated carbocycles. The summed E-state index contributed by atoms with van der Waals surface area (Å²) in [7, 11) is 0. The molecule has 0 saturated heterocycles. The van der Waals surface area contributed by atoms with E-state index in [0.717, 1.165) is 5.56 Å². The van der Waals surface area contributed by atoms with E-state index in [9.17, 15) is 14.7 Å². The number of para-hydroxylation sites is 1. The van der Waals surface area contributed by atoms with Crippen molar-refractivity contribution in [1.82, 2.24) is 0 Å². The first-order valence-corrected chi connectivity index (χ1v) is 8.29. The van der Waals surface area contributed by atoms with Crippen LogP contribution in [0.15, 0.2) is 57.7 Å². The monoisotopic (exact) mass is 352 g/mol. The maximum atomic E-state index is 12.4. The van der Waals surface area contributed by atoms with Gasteiger partial charge in [-0.05, 0) is 35.2 Å². The van der Waals surface area contributed by atoms with Crippen LogP contribution in [-0.2, 0) is 5.41 Å². The van der Waals surface area contributed by atoms with E-state index in [1.807, 2.05) is 12.1 Å². The van der Waals surface area contributed by atoms with Crippen LogP contribution in [-0.4, -0.2) is 17.5 Å². The highest BCUT2D eigenvalue weighted by molar-refractivity contribution is 6.03. The van der Waals surface area contributed by atoms with Crippen molar-refractivity contribution in [3.63, 3.8) is 0 Å². The van der Waals surface area contributed by atoms with Crippen molar-refractivity contribution in [3.05, 3.63) is 70.1 Å². The minimum atomic E-state index is -0.877. The average Bonchev–Trinajstić information content (AvgIpc) is 2.59. The number of aromatic hydroxyl groups is 1. The van der Waals surface area contributed by atoms with Gasteiger partial charge in [-0.1, -0.05) is 45.0 Å². The normalized spacial score (nSPS) is 11.5. The number of rotatable bonds is 4. The van der Waals surface area contributed by atoms with Crippen LogP contribution >= 0.6 is 0 Å². The molecular formula is C21H20O5. The molecule has 134 valence electrons. The summed E-state index contributed by atoms with van der Waals surface area (Å²) < 4.78 is 10.6. The molecular weight excluding hydrogens is 332 g/mol. The zero-order valence-electron chi connectivity index (χ0n) is 14.9. The third-order valence-electron chi connectivity index (χ3n) is 4.15. The lowest BCUT2D eigenvalue weighted by Crippen LogP contribution is -2.20. The van der Waals surface area contributed by atoms with E-state index in [1.165, 1.54) is 0 Å². The van der Waals surface area contributed by atoms with Crippen molar-refractivity contribution in [2.75, 3.05) is 6.61 Å². The maximum Gasteiger partial charge on any atom is 0.351 e. The number of carbonyl (C=O) groups excluding carboxylic acids is 1. The average molecular weight is 352 g/mol. The van der Waals surface area contributed by atoms with Crippen molar-refractivity contribution in [3.8, 4) is 11.5 Å². The highest BCUT2D eigenvalue weighted by Crippen LogP contribution is 2.27. The molecule has 0 fully saturated rings. The van der Waals surface area contributed by atoms with Gasteiger partial charge in [-0.3, -0.25) is 4.79 Å². The second kappa shape index (κ2) is 6.67. The topological polar surface area (TPSA) is 76.7 Å². The van der Waals surface area contributed by atoms with Gasteiger partial charge in [0.25, 0.3) is 0 Å². The van der Waals surface area contributed by atoms with Crippen LogP contribution in [0.4, 0.5) is 0 Å². The summed E-state index contributed by atoms with van der Waals surface area (Å²) in [4.78, 5) is 24.4. The van der Waals surface area contributed by atoms with Crippen LogP contribution in [0, 0.1) is 0 Å². The molecule has 0 aliphatic rings. The van der Waals surface area contributed by atoms with E-state index in [2.05, 4.69) is 20.8 Å². The molecule has 5 heteroatoms. The van der Waals surface area contributed by atoms with E-state index in [-0.39, 0.29) is 23.4 Å². The molecule has 5 nitrogen and oxygen atoms in total. The Bertz CT molecular complexity index is 1010. The number of Topliss-reactive ketones (excluding diaryl/α,β-unsaturated/α-hetero) is 1. The van der Waals surface area contributed by atoms with Gasteiger partial charge in [-0.2, -0.15) is 0 Å². The van der Waals surface area contributed by atoms with Gasteiger partial charge in [0.15, 0.2) is 6.61 Å². The Morgan fingerprint density at radius 2 is 1.73 bits per heavy atom. The van der Waals surface area contributed by atoms with E-state index < -0.39 is 17.0 Å². The standard InChI is InChI=1S/C21H20O5/c1-21(2,3)13-8-10-14(11-9-13)25-12-16(22)18-19(23)15-6-4-5-7-17(15)26-20(18)24/h4-11,23H,12H2,1-3H3. The van der Waals surface area contributed by atoms with Crippen LogP contribution in [0.25, 0.3) is 11.0 Å². The molecule has 2 aromatic carbocycles. The van der Waals surface area contributed by atoms with Crippen molar-refractivity contribution in [1.29, 1.82) is 0 Å². The second-order valence-corrected chi connectivity index (χ2v) is 7.10. The van der Waals surface area contributed by atoms with Gasteiger partial charge in [0.1, 0.15) is 22.6 Å². The zero-order valence-corrected chi connectivity index (χ0v) is 14.9. The molecule has 26 heavy (non-hydrogen) atoms. The van der Waals surface area contributed by atoms with Crippen LogP contribution in [0.2, 0.25) is 0 Å². The number of ketones is 1. The maximum absolute atomic E-state index is 12.4. The second-order valence-electron chi connectivity index (χ2n) is 7.10. The van der Waals surface area contributed by atoms with Crippen LogP contribution in [0.5, 0.6) is 11.5 Å². The number of fused-ring (bicyclic) bond motifs is 1. The molecule has 1 N–H and O–H groups in total. The summed E-state index contributed by atoms with van der Waals surface area (Å²) in [5.41, 5.74) is 0.117. The van der Waals surface area contributed by atoms with Crippen molar-refractivity contribution < 1.29 is 19.1 Å². The van der Waals surface area contributed by atoms with Gasteiger partial charge < -0.3 is 14.3 Å². The first-order chi connectivity index (χ1) is 12.3. The lowest BCUT2D eigenvalue weighted by atomic mass is 9.87. The Labute approximate surface area is 150 Å². The van der Waals surface area contributed by atoms with Crippen LogP contribution in [0.3, 0.4) is 0 Å². The summed E-state index contributed by atoms with van der Waals surface area (Å²) in [6.07, 6.45) is 0. The third kappa shape index (κ3) is 3.47.